The molecule has 2 fully saturated rings. The van der Waals surface area contributed by atoms with Gasteiger partial charge < -0.3 is 10.6 Å². The first-order valence-corrected chi connectivity index (χ1v) is 8.82. The number of amides is 2. The van der Waals surface area contributed by atoms with Crippen LogP contribution in [0.2, 0.25) is 0 Å². The molecule has 0 heterocycles. The quantitative estimate of drug-likeness (QED) is 0.813. The van der Waals surface area contributed by atoms with Gasteiger partial charge in [0, 0.05) is 25.3 Å². The summed E-state index contributed by atoms with van der Waals surface area (Å²) in [4.78, 5) is 25.3. The van der Waals surface area contributed by atoms with Crippen LogP contribution in [0.5, 0.6) is 0 Å². The predicted octanol–water partition coefficient (Wildman–Crippen LogP) is 3.10. The summed E-state index contributed by atoms with van der Waals surface area (Å²) in [5.41, 5.74) is 5.24. The molecule has 0 radical (unpaired) electrons. The van der Waals surface area contributed by atoms with Crippen molar-refractivity contribution in [3.63, 3.8) is 0 Å². The van der Waals surface area contributed by atoms with Crippen LogP contribution in [-0.2, 0) is 9.59 Å². The number of hydrogen-bond acceptors (Lipinski definition) is 2. The second-order valence-corrected chi connectivity index (χ2v) is 7.17. The minimum absolute atomic E-state index is 0.144. The molecule has 132 valence electrons. The lowest BCUT2D eigenvalue weighted by molar-refractivity contribution is -0.145. The molecule has 4 nitrogen and oxygen atoms in total. The number of rotatable bonds is 6. The zero-order chi connectivity index (χ0) is 16.9. The van der Waals surface area contributed by atoms with E-state index in [1.165, 1.54) is 24.2 Å². The molecule has 2 amide bonds. The van der Waals surface area contributed by atoms with Crippen molar-refractivity contribution in [1.82, 2.24) is 4.90 Å². The van der Waals surface area contributed by atoms with Crippen molar-refractivity contribution in [2.45, 2.75) is 70.1 Å². The first-order chi connectivity index (χ1) is 10.9. The Labute approximate surface area is 136 Å². The van der Waals surface area contributed by atoms with Gasteiger partial charge in [0.15, 0.2) is 0 Å². The lowest BCUT2D eigenvalue weighted by Gasteiger charge is -2.33. The Balaban J connectivity index is 1.92. The van der Waals surface area contributed by atoms with Crippen molar-refractivity contribution in [2.75, 3.05) is 13.1 Å². The molecule has 0 aromatic rings. The predicted molar refractivity (Wildman–Crippen MR) is 83.9 cm³/mol. The van der Waals surface area contributed by atoms with Crippen LogP contribution in [0.25, 0.3) is 0 Å². The molecule has 0 aliphatic heterocycles. The van der Waals surface area contributed by atoms with Crippen molar-refractivity contribution in [3.05, 3.63) is 0 Å². The highest BCUT2D eigenvalue weighted by Gasteiger charge is 2.40. The van der Waals surface area contributed by atoms with Gasteiger partial charge in [-0.25, -0.2) is 8.78 Å². The third-order valence-corrected chi connectivity index (χ3v) is 5.18. The largest absolute Gasteiger partial charge is 0.368 e. The third-order valence-electron chi connectivity index (χ3n) is 5.18. The molecule has 2 rings (SSSR count). The van der Waals surface area contributed by atoms with Gasteiger partial charge in [0.05, 0.1) is 6.54 Å². The van der Waals surface area contributed by atoms with Crippen LogP contribution in [0.3, 0.4) is 0 Å². The first-order valence-electron chi connectivity index (χ1n) is 8.82. The normalized spacial score (nSPS) is 25.0. The molecule has 0 aromatic heterocycles. The molecular weight excluding hydrogens is 302 g/mol. The van der Waals surface area contributed by atoms with Crippen LogP contribution in [0, 0.1) is 11.8 Å². The molecule has 6 heteroatoms. The maximum absolute atomic E-state index is 13.6. The molecule has 0 spiro atoms. The van der Waals surface area contributed by atoms with Gasteiger partial charge in [0.1, 0.15) is 0 Å². The van der Waals surface area contributed by atoms with Crippen LogP contribution in [0.4, 0.5) is 8.78 Å². The summed E-state index contributed by atoms with van der Waals surface area (Å²) < 4.78 is 27.1. The average molecular weight is 330 g/mol. The van der Waals surface area contributed by atoms with Gasteiger partial charge in [-0.1, -0.05) is 32.1 Å². The Bertz CT molecular complexity index is 423. The maximum atomic E-state index is 13.6. The van der Waals surface area contributed by atoms with Crippen molar-refractivity contribution in [2.24, 2.45) is 17.6 Å². The molecule has 23 heavy (non-hydrogen) atoms. The van der Waals surface area contributed by atoms with E-state index in [1.807, 2.05) is 0 Å². The Morgan fingerprint density at radius 3 is 2.39 bits per heavy atom. The number of carbonyl (C=O) groups is 2. The van der Waals surface area contributed by atoms with Gasteiger partial charge in [-0.05, 0) is 25.2 Å². The van der Waals surface area contributed by atoms with Gasteiger partial charge in [-0.15, -0.1) is 0 Å². The molecule has 2 N–H and O–H groups in total. The Hall–Kier alpha value is -1.20. The number of alkyl halides is 2. The van der Waals surface area contributed by atoms with E-state index in [0.717, 1.165) is 19.3 Å². The average Bonchev–Trinajstić information content (AvgIpc) is 2.50. The molecule has 2 saturated carbocycles. The lowest BCUT2D eigenvalue weighted by atomic mass is 9.85. The van der Waals surface area contributed by atoms with E-state index in [9.17, 15) is 18.4 Å². The third kappa shape index (κ3) is 5.74. The topological polar surface area (TPSA) is 63.4 Å². The number of primary amides is 1. The summed E-state index contributed by atoms with van der Waals surface area (Å²) >= 11 is 0. The summed E-state index contributed by atoms with van der Waals surface area (Å²) in [6, 6.07) is 0. The molecular formula is C17H28F2N2O2. The molecule has 0 bridgehead atoms. The lowest BCUT2D eigenvalue weighted by Crippen LogP contribution is -2.45. The highest BCUT2D eigenvalue weighted by molar-refractivity contribution is 5.85. The number of nitrogens with two attached hydrogens (primary N) is 1. The number of hydrogen-bond donors (Lipinski definition) is 1. The van der Waals surface area contributed by atoms with Crippen molar-refractivity contribution < 1.29 is 18.4 Å². The molecule has 2 aliphatic carbocycles. The summed E-state index contributed by atoms with van der Waals surface area (Å²) in [6.07, 6.45) is 7.12. The minimum atomic E-state index is -2.76. The van der Waals surface area contributed by atoms with Crippen LogP contribution < -0.4 is 5.73 Å². The van der Waals surface area contributed by atoms with Gasteiger partial charge in [-0.3, -0.25) is 9.59 Å². The highest BCUT2D eigenvalue weighted by Crippen LogP contribution is 2.37. The fourth-order valence-corrected chi connectivity index (χ4v) is 3.91. The summed E-state index contributed by atoms with van der Waals surface area (Å²) in [5, 5.41) is 0. The van der Waals surface area contributed by atoms with Crippen molar-refractivity contribution in [1.29, 1.82) is 0 Å². The SMILES string of the molecule is NC(=O)CN(CCC1CCCCC1)C(=O)C1CCCC(F)(F)C1. The van der Waals surface area contributed by atoms with E-state index >= 15 is 0 Å². The van der Waals surface area contributed by atoms with Gasteiger partial charge in [-0.2, -0.15) is 0 Å². The first kappa shape index (κ1) is 18.1. The van der Waals surface area contributed by atoms with Gasteiger partial charge in [0.2, 0.25) is 17.7 Å². The van der Waals surface area contributed by atoms with E-state index in [2.05, 4.69) is 0 Å². The van der Waals surface area contributed by atoms with E-state index < -0.39 is 24.2 Å². The van der Waals surface area contributed by atoms with Gasteiger partial charge >= 0.3 is 0 Å². The van der Waals surface area contributed by atoms with E-state index in [4.69, 9.17) is 5.73 Å². The van der Waals surface area contributed by atoms with Gasteiger partial charge in [0.25, 0.3) is 0 Å². The Kier molecular flexibility index (Phi) is 6.36. The van der Waals surface area contributed by atoms with E-state index in [0.29, 0.717) is 25.3 Å². The summed E-state index contributed by atoms with van der Waals surface area (Å²) in [6.45, 7) is 0.294. The van der Waals surface area contributed by atoms with Crippen LogP contribution in [-0.4, -0.2) is 35.7 Å². The molecule has 0 aromatic carbocycles. The molecule has 0 saturated heterocycles. The highest BCUT2D eigenvalue weighted by atomic mass is 19.3. The molecule has 1 atom stereocenters. The fourth-order valence-electron chi connectivity index (χ4n) is 3.91. The standard InChI is InChI=1S/C17H28F2N2O2/c18-17(19)9-4-7-14(11-17)16(23)21(12-15(20)22)10-8-13-5-2-1-3-6-13/h13-14H,1-12H2,(H2,20,22). The Morgan fingerprint density at radius 1 is 1.09 bits per heavy atom. The zero-order valence-corrected chi connectivity index (χ0v) is 13.7. The van der Waals surface area contributed by atoms with Crippen LogP contribution >= 0.6 is 0 Å². The maximum Gasteiger partial charge on any atom is 0.248 e. The van der Waals surface area contributed by atoms with Crippen molar-refractivity contribution >= 4 is 11.8 Å². The van der Waals surface area contributed by atoms with Crippen LogP contribution in [0.15, 0.2) is 0 Å². The monoisotopic (exact) mass is 330 g/mol. The smallest absolute Gasteiger partial charge is 0.248 e. The van der Waals surface area contributed by atoms with Crippen molar-refractivity contribution in [3.8, 4) is 0 Å². The Morgan fingerprint density at radius 2 is 1.78 bits per heavy atom. The zero-order valence-electron chi connectivity index (χ0n) is 13.7. The van der Waals surface area contributed by atoms with Crippen LogP contribution in [0.1, 0.15) is 64.2 Å². The second-order valence-electron chi connectivity index (χ2n) is 7.17. The van der Waals surface area contributed by atoms with E-state index in [-0.39, 0.29) is 18.9 Å². The summed E-state index contributed by atoms with van der Waals surface area (Å²) in [5.74, 6) is -3.77. The molecule has 2 aliphatic rings. The number of carbonyl (C=O) groups excluding carboxylic acids is 2. The van der Waals surface area contributed by atoms with E-state index in [1.54, 1.807) is 0 Å². The fraction of sp³-hybridized carbons (Fsp3) is 0.882. The molecule has 1 unspecified atom stereocenters. The number of nitrogens with zero attached hydrogens (tertiary/aromatic N) is 1. The second kappa shape index (κ2) is 8.06. The minimum Gasteiger partial charge on any atom is -0.368 e. The number of halogens is 2. The summed E-state index contributed by atoms with van der Waals surface area (Å²) in [7, 11) is 0.